The first kappa shape index (κ1) is 14.4. The zero-order chi connectivity index (χ0) is 14.5. The number of ether oxygens (including phenoxy) is 2. The Balaban J connectivity index is 2.37. The molecule has 0 saturated carbocycles. The van der Waals surface area contributed by atoms with Gasteiger partial charge in [-0.3, -0.25) is 4.79 Å². The van der Waals surface area contributed by atoms with Crippen LogP contribution in [0.4, 0.5) is 4.79 Å². The average molecular weight is 277 g/mol. The van der Waals surface area contributed by atoms with E-state index >= 15 is 0 Å². The highest BCUT2D eigenvalue weighted by Crippen LogP contribution is 2.37. The van der Waals surface area contributed by atoms with Crippen molar-refractivity contribution in [2.24, 2.45) is 5.92 Å². The van der Waals surface area contributed by atoms with Crippen LogP contribution in [0.2, 0.25) is 0 Å². The van der Waals surface area contributed by atoms with E-state index in [1.807, 2.05) is 30.3 Å². The van der Waals surface area contributed by atoms with Crippen LogP contribution < -0.4 is 0 Å². The van der Waals surface area contributed by atoms with E-state index in [-0.39, 0.29) is 17.9 Å². The molecule has 1 fully saturated rings. The van der Waals surface area contributed by atoms with Crippen molar-refractivity contribution in [3.8, 4) is 0 Å². The maximum atomic E-state index is 12.0. The summed E-state index contributed by atoms with van der Waals surface area (Å²) in [6.45, 7) is 0.583. The summed E-state index contributed by atoms with van der Waals surface area (Å²) >= 11 is 0. The smallest absolute Gasteiger partial charge is 0.410 e. The van der Waals surface area contributed by atoms with Gasteiger partial charge in [-0.05, 0) is 18.4 Å². The molecule has 0 spiro atoms. The minimum absolute atomic E-state index is 0.285. The van der Waals surface area contributed by atoms with Crippen molar-refractivity contribution >= 4 is 12.1 Å². The molecule has 1 aliphatic rings. The van der Waals surface area contributed by atoms with Crippen molar-refractivity contribution in [1.29, 1.82) is 0 Å². The van der Waals surface area contributed by atoms with Gasteiger partial charge >= 0.3 is 12.1 Å². The van der Waals surface area contributed by atoms with Gasteiger partial charge in [0.2, 0.25) is 0 Å². The van der Waals surface area contributed by atoms with Crippen molar-refractivity contribution in [1.82, 2.24) is 4.90 Å². The van der Waals surface area contributed by atoms with Gasteiger partial charge in [0.1, 0.15) is 0 Å². The molecule has 0 aliphatic carbocycles. The van der Waals surface area contributed by atoms with Crippen LogP contribution in [0.1, 0.15) is 24.4 Å². The molecule has 20 heavy (non-hydrogen) atoms. The molecule has 1 saturated heterocycles. The number of likely N-dealkylation sites (tertiary alicyclic amines) is 1. The number of carbonyl (C=O) groups excluding carboxylic acids is 2. The fraction of sp³-hybridized carbons (Fsp3) is 0.467. The summed E-state index contributed by atoms with van der Waals surface area (Å²) < 4.78 is 9.72. The molecule has 1 aliphatic heterocycles. The molecule has 1 aromatic carbocycles. The fourth-order valence-corrected chi connectivity index (χ4v) is 2.78. The normalized spacial score (nSPS) is 22.2. The van der Waals surface area contributed by atoms with Crippen LogP contribution in [0, 0.1) is 5.92 Å². The van der Waals surface area contributed by atoms with Gasteiger partial charge in [0, 0.05) is 6.54 Å². The standard InChI is InChI=1S/C15H19NO4/c1-19-14(17)12-9-6-10-16(15(18)20-2)13(12)11-7-4-3-5-8-11/h3-5,7-8,12-13H,6,9-10H2,1-2H3/t12-,13+/m0/s1. The van der Waals surface area contributed by atoms with Crippen LogP contribution in [-0.4, -0.2) is 37.7 Å². The molecule has 0 unspecified atom stereocenters. The van der Waals surface area contributed by atoms with Crippen LogP contribution >= 0.6 is 0 Å². The highest BCUT2D eigenvalue weighted by Gasteiger charge is 2.40. The van der Waals surface area contributed by atoms with E-state index in [4.69, 9.17) is 9.47 Å². The van der Waals surface area contributed by atoms with Crippen molar-refractivity contribution in [3.05, 3.63) is 35.9 Å². The lowest BCUT2D eigenvalue weighted by molar-refractivity contribution is -0.149. The van der Waals surface area contributed by atoms with Crippen LogP contribution in [0.5, 0.6) is 0 Å². The van der Waals surface area contributed by atoms with E-state index in [1.165, 1.54) is 14.2 Å². The summed E-state index contributed by atoms with van der Waals surface area (Å²) in [6.07, 6.45) is 1.06. The van der Waals surface area contributed by atoms with Crippen molar-refractivity contribution < 1.29 is 19.1 Å². The highest BCUT2D eigenvalue weighted by atomic mass is 16.5. The second-order valence-electron chi connectivity index (χ2n) is 4.79. The summed E-state index contributed by atoms with van der Waals surface area (Å²) in [7, 11) is 2.73. The summed E-state index contributed by atoms with van der Waals surface area (Å²) in [5.74, 6) is -0.636. The molecule has 0 aromatic heterocycles. The summed E-state index contributed by atoms with van der Waals surface area (Å²) in [5.41, 5.74) is 0.924. The zero-order valence-electron chi connectivity index (χ0n) is 11.7. The van der Waals surface area contributed by atoms with Gasteiger partial charge in [-0.15, -0.1) is 0 Å². The minimum atomic E-state index is -0.410. The van der Waals surface area contributed by atoms with Gasteiger partial charge in [0.15, 0.2) is 0 Å². The van der Waals surface area contributed by atoms with E-state index in [0.29, 0.717) is 13.0 Å². The fourth-order valence-electron chi connectivity index (χ4n) is 2.78. The largest absolute Gasteiger partial charge is 0.469 e. The number of rotatable bonds is 2. The Morgan fingerprint density at radius 3 is 2.45 bits per heavy atom. The average Bonchev–Trinajstić information content (AvgIpc) is 2.53. The summed E-state index contributed by atoms with van der Waals surface area (Å²) in [6, 6.07) is 9.21. The van der Waals surface area contributed by atoms with Crippen LogP contribution in [0.15, 0.2) is 30.3 Å². The second-order valence-corrected chi connectivity index (χ2v) is 4.79. The Bertz CT molecular complexity index is 450. The molecule has 0 N–H and O–H groups in total. The number of benzene rings is 1. The monoisotopic (exact) mass is 277 g/mol. The van der Waals surface area contributed by atoms with Crippen LogP contribution in [0.3, 0.4) is 0 Å². The summed E-state index contributed by atoms with van der Waals surface area (Å²) in [4.78, 5) is 25.6. The quantitative estimate of drug-likeness (QED) is 0.779. The molecule has 5 nitrogen and oxygen atoms in total. The van der Waals surface area contributed by atoms with Gasteiger partial charge in [0.05, 0.1) is 26.2 Å². The SMILES string of the molecule is COC(=O)[C@H]1CCCN(C(=O)OC)[C@@H]1c1ccccc1. The van der Waals surface area contributed by atoms with Crippen molar-refractivity contribution in [3.63, 3.8) is 0 Å². The van der Waals surface area contributed by atoms with Crippen LogP contribution in [0.25, 0.3) is 0 Å². The number of methoxy groups -OCH3 is 2. The Morgan fingerprint density at radius 1 is 1.15 bits per heavy atom. The third-order valence-corrected chi connectivity index (χ3v) is 3.69. The molecule has 1 heterocycles. The van der Waals surface area contributed by atoms with Crippen molar-refractivity contribution in [2.75, 3.05) is 20.8 Å². The predicted molar refractivity (Wildman–Crippen MR) is 73.0 cm³/mol. The molecular weight excluding hydrogens is 258 g/mol. The number of amides is 1. The Morgan fingerprint density at radius 2 is 1.85 bits per heavy atom. The topological polar surface area (TPSA) is 55.8 Å². The lowest BCUT2D eigenvalue weighted by Gasteiger charge is -2.39. The Hall–Kier alpha value is -2.04. The number of nitrogens with zero attached hydrogens (tertiary/aromatic N) is 1. The lowest BCUT2D eigenvalue weighted by atomic mass is 9.85. The number of hydrogen-bond acceptors (Lipinski definition) is 4. The molecule has 5 heteroatoms. The number of carbonyl (C=O) groups is 2. The van der Waals surface area contributed by atoms with E-state index in [9.17, 15) is 9.59 Å². The van der Waals surface area contributed by atoms with E-state index in [2.05, 4.69) is 0 Å². The van der Waals surface area contributed by atoms with E-state index in [0.717, 1.165) is 12.0 Å². The number of hydrogen-bond donors (Lipinski definition) is 0. The van der Waals surface area contributed by atoms with Crippen LogP contribution in [-0.2, 0) is 14.3 Å². The highest BCUT2D eigenvalue weighted by molar-refractivity contribution is 5.76. The van der Waals surface area contributed by atoms with Gasteiger partial charge < -0.3 is 14.4 Å². The molecule has 1 amide bonds. The van der Waals surface area contributed by atoms with E-state index in [1.54, 1.807) is 4.90 Å². The number of esters is 1. The Kier molecular flexibility index (Phi) is 4.61. The lowest BCUT2D eigenvalue weighted by Crippen LogP contribution is -2.45. The van der Waals surface area contributed by atoms with E-state index < -0.39 is 6.09 Å². The Labute approximate surface area is 118 Å². The maximum Gasteiger partial charge on any atom is 0.410 e. The third-order valence-electron chi connectivity index (χ3n) is 3.69. The van der Waals surface area contributed by atoms with Gasteiger partial charge in [-0.2, -0.15) is 0 Å². The molecule has 2 atom stereocenters. The zero-order valence-corrected chi connectivity index (χ0v) is 11.7. The predicted octanol–water partition coefficient (Wildman–Crippen LogP) is 2.38. The third kappa shape index (κ3) is 2.76. The first-order valence-electron chi connectivity index (χ1n) is 6.66. The molecule has 1 aromatic rings. The summed E-state index contributed by atoms with van der Waals surface area (Å²) in [5, 5.41) is 0. The van der Waals surface area contributed by atoms with Gasteiger partial charge in [-0.1, -0.05) is 30.3 Å². The molecule has 0 radical (unpaired) electrons. The number of piperidine rings is 1. The minimum Gasteiger partial charge on any atom is -0.469 e. The first-order valence-corrected chi connectivity index (χ1v) is 6.66. The van der Waals surface area contributed by atoms with Crippen molar-refractivity contribution in [2.45, 2.75) is 18.9 Å². The molecule has 0 bridgehead atoms. The van der Waals surface area contributed by atoms with Gasteiger partial charge in [-0.25, -0.2) is 4.79 Å². The first-order chi connectivity index (χ1) is 9.69. The molecule has 108 valence electrons. The molecule has 2 rings (SSSR count). The maximum absolute atomic E-state index is 12.0. The molecular formula is C15H19NO4. The van der Waals surface area contributed by atoms with Gasteiger partial charge in [0.25, 0.3) is 0 Å². The second kappa shape index (κ2) is 6.41.